The van der Waals surface area contributed by atoms with Crippen molar-refractivity contribution in [3.63, 3.8) is 0 Å². The molecule has 0 aliphatic heterocycles. The van der Waals surface area contributed by atoms with Gasteiger partial charge in [-0.25, -0.2) is 9.18 Å². The first-order chi connectivity index (χ1) is 14.7. The highest BCUT2D eigenvalue weighted by Crippen LogP contribution is 2.19. The number of methoxy groups -OCH3 is 1. The van der Waals surface area contributed by atoms with Crippen LogP contribution in [0.1, 0.15) is 120 Å². The summed E-state index contributed by atoms with van der Waals surface area (Å²) in [6, 6.07) is 4.18. The molecule has 0 atom stereocenters. The molecule has 3 nitrogen and oxygen atoms in total. The largest absolute Gasteiger partial charge is 0.491 e. The summed E-state index contributed by atoms with van der Waals surface area (Å²) in [6.45, 7) is 2.78. The molecule has 0 bridgehead atoms. The van der Waals surface area contributed by atoms with Crippen molar-refractivity contribution in [1.29, 1.82) is 0 Å². The molecule has 0 N–H and O–H groups in total. The summed E-state index contributed by atoms with van der Waals surface area (Å²) < 4.78 is 24.0. The summed E-state index contributed by atoms with van der Waals surface area (Å²) in [4.78, 5) is 11.4. The van der Waals surface area contributed by atoms with Crippen molar-refractivity contribution in [3.05, 3.63) is 29.6 Å². The van der Waals surface area contributed by atoms with Gasteiger partial charge < -0.3 is 9.47 Å². The maximum Gasteiger partial charge on any atom is 0.337 e. The SMILES string of the molecule is CCCCCCCCCCCCCCCCCCOc1ccc(C(=O)OC)cc1F. The van der Waals surface area contributed by atoms with Gasteiger partial charge in [0.25, 0.3) is 0 Å². The summed E-state index contributed by atoms with van der Waals surface area (Å²) in [5.74, 6) is -0.865. The van der Waals surface area contributed by atoms with Gasteiger partial charge in [-0.3, -0.25) is 0 Å². The lowest BCUT2D eigenvalue weighted by Crippen LogP contribution is -2.04. The maximum atomic E-state index is 13.9. The number of esters is 1. The fraction of sp³-hybridized carbons (Fsp3) is 0.731. The van der Waals surface area contributed by atoms with E-state index in [0.29, 0.717) is 6.61 Å². The molecule has 0 heterocycles. The van der Waals surface area contributed by atoms with Crippen molar-refractivity contribution >= 4 is 5.97 Å². The molecule has 0 amide bonds. The molecule has 0 unspecified atom stereocenters. The van der Waals surface area contributed by atoms with E-state index in [2.05, 4.69) is 11.7 Å². The molecule has 0 radical (unpaired) electrons. The Labute approximate surface area is 183 Å². The van der Waals surface area contributed by atoms with Crippen molar-refractivity contribution in [3.8, 4) is 5.75 Å². The van der Waals surface area contributed by atoms with Crippen LogP contribution in [0.15, 0.2) is 18.2 Å². The molecule has 1 rings (SSSR count). The molecule has 30 heavy (non-hydrogen) atoms. The minimum absolute atomic E-state index is 0.198. The Morgan fingerprint density at radius 1 is 0.767 bits per heavy atom. The zero-order valence-corrected chi connectivity index (χ0v) is 19.4. The smallest absolute Gasteiger partial charge is 0.337 e. The Kier molecular flexibility index (Phi) is 16.1. The van der Waals surface area contributed by atoms with Crippen LogP contribution in [0.4, 0.5) is 4.39 Å². The summed E-state index contributed by atoms with van der Waals surface area (Å²) in [6.07, 6.45) is 21.2. The lowest BCUT2D eigenvalue weighted by molar-refractivity contribution is 0.0600. The number of benzene rings is 1. The predicted octanol–water partition coefficient (Wildman–Crippen LogP) is 8.25. The Morgan fingerprint density at radius 3 is 1.67 bits per heavy atom. The Bertz CT molecular complexity index is 559. The highest BCUT2D eigenvalue weighted by atomic mass is 19.1. The Balaban J connectivity index is 1.88. The second kappa shape index (κ2) is 18.2. The van der Waals surface area contributed by atoms with Gasteiger partial charge in [-0.15, -0.1) is 0 Å². The molecule has 4 heteroatoms. The fourth-order valence-electron chi connectivity index (χ4n) is 3.70. The third-order valence-corrected chi connectivity index (χ3v) is 5.61. The number of carbonyl (C=O) groups is 1. The minimum atomic E-state index is -0.543. The molecule has 0 saturated carbocycles. The van der Waals surface area contributed by atoms with Gasteiger partial charge in [0.2, 0.25) is 0 Å². The first-order valence-corrected chi connectivity index (χ1v) is 12.2. The highest BCUT2D eigenvalue weighted by Gasteiger charge is 2.10. The van der Waals surface area contributed by atoms with E-state index in [1.807, 2.05) is 0 Å². The molecule has 0 fully saturated rings. The molecular weight excluding hydrogens is 379 g/mol. The van der Waals surface area contributed by atoms with Crippen LogP contribution in [0.3, 0.4) is 0 Å². The van der Waals surface area contributed by atoms with Crippen LogP contribution in [0, 0.1) is 5.82 Å². The van der Waals surface area contributed by atoms with Crippen molar-refractivity contribution in [2.75, 3.05) is 13.7 Å². The fourth-order valence-corrected chi connectivity index (χ4v) is 3.70. The van der Waals surface area contributed by atoms with Gasteiger partial charge in [0.1, 0.15) is 0 Å². The minimum Gasteiger partial charge on any atom is -0.491 e. The van der Waals surface area contributed by atoms with Gasteiger partial charge in [-0.05, 0) is 24.6 Å². The highest BCUT2D eigenvalue weighted by molar-refractivity contribution is 5.89. The van der Waals surface area contributed by atoms with Gasteiger partial charge >= 0.3 is 5.97 Å². The first-order valence-electron chi connectivity index (χ1n) is 12.2. The monoisotopic (exact) mass is 422 g/mol. The molecule has 1 aromatic carbocycles. The normalized spacial score (nSPS) is 10.9. The molecular formula is C26H43FO3. The Morgan fingerprint density at radius 2 is 1.23 bits per heavy atom. The molecule has 1 aromatic rings. The van der Waals surface area contributed by atoms with Gasteiger partial charge in [-0.1, -0.05) is 103 Å². The van der Waals surface area contributed by atoms with Crippen LogP contribution in [0.25, 0.3) is 0 Å². The van der Waals surface area contributed by atoms with Crippen molar-refractivity contribution in [2.24, 2.45) is 0 Å². The van der Waals surface area contributed by atoms with Gasteiger partial charge in [0.15, 0.2) is 11.6 Å². The van der Waals surface area contributed by atoms with Crippen LogP contribution in [-0.2, 0) is 4.74 Å². The van der Waals surface area contributed by atoms with Crippen molar-refractivity contribution in [2.45, 2.75) is 110 Å². The lowest BCUT2D eigenvalue weighted by atomic mass is 10.0. The standard InChI is InChI=1S/C26H43FO3/c1-3-4-5-6-7-8-9-10-11-12-13-14-15-16-17-18-21-30-25-20-19-23(22-24(25)27)26(28)29-2/h19-20,22H,3-18,21H2,1-2H3. The number of rotatable bonds is 19. The van der Waals surface area contributed by atoms with Crippen molar-refractivity contribution in [1.82, 2.24) is 0 Å². The van der Waals surface area contributed by atoms with E-state index in [9.17, 15) is 9.18 Å². The zero-order chi connectivity index (χ0) is 21.9. The maximum absolute atomic E-state index is 13.9. The van der Waals surface area contributed by atoms with Gasteiger partial charge in [0.05, 0.1) is 19.3 Å². The summed E-state index contributed by atoms with van der Waals surface area (Å²) in [7, 11) is 1.28. The van der Waals surface area contributed by atoms with Crippen LogP contribution in [-0.4, -0.2) is 19.7 Å². The van der Waals surface area contributed by atoms with Gasteiger partial charge in [0, 0.05) is 0 Å². The van der Waals surface area contributed by atoms with E-state index in [-0.39, 0.29) is 11.3 Å². The van der Waals surface area contributed by atoms with E-state index < -0.39 is 11.8 Å². The number of carbonyl (C=O) groups excluding carboxylic acids is 1. The average Bonchev–Trinajstić information content (AvgIpc) is 2.76. The van der Waals surface area contributed by atoms with Crippen LogP contribution in [0.5, 0.6) is 5.75 Å². The predicted molar refractivity (Wildman–Crippen MR) is 123 cm³/mol. The number of unbranched alkanes of at least 4 members (excludes halogenated alkanes) is 15. The van der Waals surface area contributed by atoms with E-state index in [1.165, 1.54) is 109 Å². The Hall–Kier alpha value is -1.58. The quantitative estimate of drug-likeness (QED) is 0.166. The number of ether oxygens (including phenoxy) is 2. The molecule has 0 saturated heterocycles. The van der Waals surface area contributed by atoms with Crippen LogP contribution in [0.2, 0.25) is 0 Å². The van der Waals surface area contributed by atoms with E-state index >= 15 is 0 Å². The molecule has 0 aliphatic rings. The first kappa shape index (κ1) is 26.5. The number of hydrogen-bond acceptors (Lipinski definition) is 3. The number of hydrogen-bond donors (Lipinski definition) is 0. The average molecular weight is 423 g/mol. The molecule has 172 valence electrons. The molecule has 0 aliphatic carbocycles. The third-order valence-electron chi connectivity index (χ3n) is 5.61. The van der Waals surface area contributed by atoms with E-state index in [0.717, 1.165) is 18.9 Å². The topological polar surface area (TPSA) is 35.5 Å². The summed E-state index contributed by atoms with van der Waals surface area (Å²) in [5.41, 5.74) is 0.199. The summed E-state index contributed by atoms with van der Waals surface area (Å²) >= 11 is 0. The molecule has 0 spiro atoms. The van der Waals surface area contributed by atoms with Gasteiger partial charge in [-0.2, -0.15) is 0 Å². The summed E-state index contributed by atoms with van der Waals surface area (Å²) in [5, 5.41) is 0. The van der Waals surface area contributed by atoms with E-state index in [4.69, 9.17) is 4.74 Å². The zero-order valence-electron chi connectivity index (χ0n) is 19.4. The van der Waals surface area contributed by atoms with E-state index in [1.54, 1.807) is 0 Å². The third kappa shape index (κ3) is 12.9. The van der Waals surface area contributed by atoms with Crippen LogP contribution >= 0.6 is 0 Å². The second-order valence-electron chi connectivity index (χ2n) is 8.29. The lowest BCUT2D eigenvalue weighted by Gasteiger charge is -2.08. The van der Waals surface area contributed by atoms with Crippen molar-refractivity contribution < 1.29 is 18.7 Å². The second-order valence-corrected chi connectivity index (χ2v) is 8.29. The number of halogens is 1. The molecule has 0 aromatic heterocycles. The van der Waals surface area contributed by atoms with Crippen LogP contribution < -0.4 is 4.74 Å².